The Morgan fingerprint density at radius 2 is 1.75 bits per heavy atom. The Balaban J connectivity index is 2.49. The molecule has 0 heterocycles. The monoisotopic (exact) mass is 312 g/mol. The maximum absolute atomic E-state index is 11.5. The first kappa shape index (κ1) is 14.6. The third-order valence-electron chi connectivity index (χ3n) is 2.58. The van der Waals surface area contributed by atoms with E-state index >= 15 is 0 Å². The van der Waals surface area contributed by atoms with E-state index in [0.29, 0.717) is 10.8 Å². The predicted molar refractivity (Wildman–Crippen MR) is 78.5 cm³/mol. The molecule has 0 aliphatic carbocycles. The SMILES string of the molecule is Cc1ccc(Oc2ccc(N)cc2S(N)(=O)=O)c(Cl)c1. The van der Waals surface area contributed by atoms with Gasteiger partial charge in [0.25, 0.3) is 0 Å². The van der Waals surface area contributed by atoms with E-state index in [4.69, 9.17) is 27.2 Å². The maximum atomic E-state index is 11.5. The first-order valence-electron chi connectivity index (χ1n) is 5.64. The number of halogens is 1. The second-order valence-electron chi connectivity index (χ2n) is 4.29. The molecule has 0 fully saturated rings. The predicted octanol–water partition coefficient (Wildman–Crippen LogP) is 2.67. The van der Waals surface area contributed by atoms with Gasteiger partial charge in [-0.15, -0.1) is 0 Å². The van der Waals surface area contributed by atoms with E-state index in [9.17, 15) is 8.42 Å². The van der Waals surface area contributed by atoms with Crippen LogP contribution < -0.4 is 15.6 Å². The molecule has 0 aliphatic heterocycles. The van der Waals surface area contributed by atoms with Crippen molar-refractivity contribution in [3.05, 3.63) is 47.0 Å². The van der Waals surface area contributed by atoms with E-state index in [1.165, 1.54) is 18.2 Å². The van der Waals surface area contributed by atoms with Gasteiger partial charge in [-0.25, -0.2) is 13.6 Å². The number of anilines is 1. The van der Waals surface area contributed by atoms with Gasteiger partial charge < -0.3 is 10.5 Å². The van der Waals surface area contributed by atoms with Crippen LogP contribution in [-0.2, 0) is 10.0 Å². The minimum Gasteiger partial charge on any atom is -0.454 e. The van der Waals surface area contributed by atoms with Crippen LogP contribution in [0.15, 0.2) is 41.3 Å². The summed E-state index contributed by atoms with van der Waals surface area (Å²) in [6, 6.07) is 9.37. The molecule has 0 spiro atoms. The van der Waals surface area contributed by atoms with E-state index in [1.54, 1.807) is 18.2 Å². The van der Waals surface area contributed by atoms with Crippen LogP contribution in [0.3, 0.4) is 0 Å². The fourth-order valence-electron chi connectivity index (χ4n) is 1.64. The molecule has 0 bridgehead atoms. The number of benzene rings is 2. The quantitative estimate of drug-likeness (QED) is 0.852. The molecule has 5 nitrogen and oxygen atoms in total. The van der Waals surface area contributed by atoms with Gasteiger partial charge in [-0.05, 0) is 42.8 Å². The summed E-state index contributed by atoms with van der Waals surface area (Å²) in [6.07, 6.45) is 0. The highest BCUT2D eigenvalue weighted by atomic mass is 35.5. The Bertz CT molecular complexity index is 760. The molecule has 4 N–H and O–H groups in total. The Morgan fingerprint density at radius 1 is 1.10 bits per heavy atom. The van der Waals surface area contributed by atoms with Crippen molar-refractivity contribution in [1.29, 1.82) is 0 Å². The number of rotatable bonds is 3. The summed E-state index contributed by atoms with van der Waals surface area (Å²) in [5.41, 5.74) is 6.80. The topological polar surface area (TPSA) is 95.4 Å². The van der Waals surface area contributed by atoms with Gasteiger partial charge in [-0.2, -0.15) is 0 Å². The van der Waals surface area contributed by atoms with E-state index < -0.39 is 10.0 Å². The highest BCUT2D eigenvalue weighted by Gasteiger charge is 2.17. The van der Waals surface area contributed by atoms with Crippen LogP contribution in [0.1, 0.15) is 5.56 Å². The van der Waals surface area contributed by atoms with Crippen molar-refractivity contribution in [3.8, 4) is 11.5 Å². The van der Waals surface area contributed by atoms with Crippen molar-refractivity contribution < 1.29 is 13.2 Å². The minimum atomic E-state index is -3.95. The van der Waals surface area contributed by atoms with Gasteiger partial charge in [0, 0.05) is 5.69 Å². The summed E-state index contributed by atoms with van der Waals surface area (Å²) in [7, 11) is -3.95. The molecule has 0 saturated carbocycles. The zero-order chi connectivity index (χ0) is 14.9. The van der Waals surface area contributed by atoms with Crippen LogP contribution in [0.5, 0.6) is 11.5 Å². The second kappa shape index (κ2) is 5.32. The third kappa shape index (κ3) is 3.22. The molecule has 0 radical (unpaired) electrons. The molecule has 0 unspecified atom stereocenters. The van der Waals surface area contributed by atoms with Gasteiger partial charge in [0.15, 0.2) is 0 Å². The number of nitrogens with two attached hydrogens (primary N) is 2. The summed E-state index contributed by atoms with van der Waals surface area (Å²) in [5, 5.41) is 5.52. The molecule has 20 heavy (non-hydrogen) atoms. The number of ether oxygens (including phenoxy) is 1. The van der Waals surface area contributed by atoms with Crippen molar-refractivity contribution in [2.45, 2.75) is 11.8 Å². The number of sulfonamides is 1. The van der Waals surface area contributed by atoms with Crippen LogP contribution >= 0.6 is 11.6 Å². The molecule has 0 aliphatic rings. The van der Waals surface area contributed by atoms with Crippen molar-refractivity contribution >= 4 is 27.3 Å². The third-order valence-corrected chi connectivity index (χ3v) is 3.81. The number of nitrogen functional groups attached to an aromatic ring is 1. The standard InChI is InChI=1S/C13H13ClN2O3S/c1-8-2-4-11(10(14)6-8)19-12-5-3-9(15)7-13(12)20(16,17)18/h2-7H,15H2,1H3,(H2,16,17,18). The Hall–Kier alpha value is -1.76. The van der Waals surface area contributed by atoms with E-state index in [0.717, 1.165) is 5.56 Å². The molecule has 0 aromatic heterocycles. The summed E-state index contributed by atoms with van der Waals surface area (Å²) >= 11 is 6.05. The van der Waals surface area contributed by atoms with E-state index in [2.05, 4.69) is 0 Å². The largest absolute Gasteiger partial charge is 0.454 e. The van der Waals surface area contributed by atoms with Gasteiger partial charge in [0.1, 0.15) is 16.4 Å². The highest BCUT2D eigenvalue weighted by Crippen LogP contribution is 2.34. The van der Waals surface area contributed by atoms with Crippen LogP contribution in [0.2, 0.25) is 5.02 Å². The van der Waals surface area contributed by atoms with Gasteiger partial charge in [0.05, 0.1) is 5.02 Å². The fraction of sp³-hybridized carbons (Fsp3) is 0.0769. The summed E-state index contributed by atoms with van der Waals surface area (Å²) in [4.78, 5) is -0.186. The first-order valence-corrected chi connectivity index (χ1v) is 7.56. The van der Waals surface area contributed by atoms with Gasteiger partial charge in [-0.3, -0.25) is 0 Å². The number of hydrogen-bond acceptors (Lipinski definition) is 4. The zero-order valence-electron chi connectivity index (χ0n) is 10.6. The Morgan fingerprint density at radius 3 is 2.35 bits per heavy atom. The molecule has 0 amide bonds. The molecule has 2 aromatic rings. The molecule has 2 rings (SSSR count). The number of primary sulfonamides is 1. The molecular formula is C13H13ClN2O3S. The molecule has 0 saturated heterocycles. The smallest absolute Gasteiger partial charge is 0.241 e. The fourth-order valence-corrected chi connectivity index (χ4v) is 2.60. The Kier molecular flexibility index (Phi) is 3.89. The van der Waals surface area contributed by atoms with Gasteiger partial charge in [0.2, 0.25) is 10.0 Å². The van der Waals surface area contributed by atoms with Crippen LogP contribution in [0, 0.1) is 6.92 Å². The maximum Gasteiger partial charge on any atom is 0.241 e. The van der Waals surface area contributed by atoms with Crippen molar-refractivity contribution in [3.63, 3.8) is 0 Å². The highest BCUT2D eigenvalue weighted by molar-refractivity contribution is 7.89. The van der Waals surface area contributed by atoms with Gasteiger partial charge >= 0.3 is 0 Å². The Labute approximate surface area is 122 Å². The first-order chi connectivity index (χ1) is 9.27. The number of aryl methyl sites for hydroxylation is 1. The van der Waals surface area contributed by atoms with Crippen LogP contribution in [0.4, 0.5) is 5.69 Å². The lowest BCUT2D eigenvalue weighted by atomic mass is 10.2. The van der Waals surface area contributed by atoms with Crippen LogP contribution in [0.25, 0.3) is 0 Å². The molecule has 7 heteroatoms. The average molecular weight is 313 g/mol. The summed E-state index contributed by atoms with van der Waals surface area (Å²) < 4.78 is 28.6. The second-order valence-corrected chi connectivity index (χ2v) is 6.22. The molecule has 0 atom stereocenters. The van der Waals surface area contributed by atoms with E-state index in [-0.39, 0.29) is 16.3 Å². The summed E-state index contributed by atoms with van der Waals surface area (Å²) in [5.74, 6) is 0.416. The lowest BCUT2D eigenvalue weighted by molar-refractivity contribution is 0.468. The normalized spacial score (nSPS) is 11.3. The molecule has 2 aromatic carbocycles. The van der Waals surface area contributed by atoms with Crippen LogP contribution in [-0.4, -0.2) is 8.42 Å². The van der Waals surface area contributed by atoms with Crippen molar-refractivity contribution in [1.82, 2.24) is 0 Å². The lowest BCUT2D eigenvalue weighted by Gasteiger charge is -2.12. The molecule has 106 valence electrons. The van der Waals surface area contributed by atoms with Gasteiger partial charge in [-0.1, -0.05) is 17.7 Å². The van der Waals surface area contributed by atoms with Crippen molar-refractivity contribution in [2.75, 3.05) is 5.73 Å². The van der Waals surface area contributed by atoms with Crippen molar-refractivity contribution in [2.24, 2.45) is 5.14 Å². The minimum absolute atomic E-state index is 0.0763. The van der Waals surface area contributed by atoms with E-state index in [1.807, 2.05) is 6.92 Å². The lowest BCUT2D eigenvalue weighted by Crippen LogP contribution is -2.13. The average Bonchev–Trinajstić information content (AvgIpc) is 2.33. The number of hydrogen-bond donors (Lipinski definition) is 2. The zero-order valence-corrected chi connectivity index (χ0v) is 12.2. The molecular weight excluding hydrogens is 300 g/mol. The summed E-state index contributed by atoms with van der Waals surface area (Å²) in [6.45, 7) is 1.88.